The van der Waals surface area contributed by atoms with E-state index in [0.29, 0.717) is 97.7 Å². The molecule has 76 heavy (non-hydrogen) atoms. The Balaban J connectivity index is 0.929. The number of alkyl halides is 3. The monoisotopic (exact) mass is 1140 g/mol. The van der Waals surface area contributed by atoms with Crippen LogP contribution in [0.1, 0.15) is 50.4 Å². The fourth-order valence-electron chi connectivity index (χ4n) is 10.9. The van der Waals surface area contributed by atoms with Crippen molar-refractivity contribution in [2.24, 2.45) is 5.92 Å². The molecule has 12 nitrogen and oxygen atoms in total. The van der Waals surface area contributed by atoms with E-state index in [-0.39, 0.29) is 48.5 Å². The van der Waals surface area contributed by atoms with Crippen molar-refractivity contribution in [1.29, 1.82) is 0 Å². The molecule has 0 saturated carbocycles. The number of likely N-dealkylation sites (tertiary alicyclic amines) is 1. The van der Waals surface area contributed by atoms with Crippen molar-refractivity contribution in [3.8, 4) is 22.4 Å². The van der Waals surface area contributed by atoms with E-state index in [1.807, 2.05) is 106 Å². The lowest BCUT2D eigenvalue weighted by atomic mass is 9.97. The molecule has 0 bridgehead atoms. The van der Waals surface area contributed by atoms with E-state index in [1.165, 1.54) is 23.1 Å². The number of rotatable bonds is 17. The van der Waals surface area contributed by atoms with Crippen molar-refractivity contribution in [1.82, 2.24) is 9.47 Å². The molecular formula is C56H64ClF3N5O7PS3. The molecule has 3 aliphatic heterocycles. The average molecular weight is 1140 g/mol. The summed E-state index contributed by atoms with van der Waals surface area (Å²) in [7, 11) is -13.6. The lowest BCUT2D eigenvalue weighted by Crippen LogP contribution is -2.46. The maximum Gasteiger partial charge on any atom is 0.501 e. The van der Waals surface area contributed by atoms with Crippen LogP contribution in [0.3, 0.4) is 0 Å². The van der Waals surface area contributed by atoms with Crippen molar-refractivity contribution < 1.29 is 44.2 Å². The maximum absolute atomic E-state index is 15.0. The van der Waals surface area contributed by atoms with Gasteiger partial charge in [-0.15, -0.1) is 11.8 Å². The number of aromatic nitrogens is 1. The predicted molar refractivity (Wildman–Crippen MR) is 300 cm³/mol. The van der Waals surface area contributed by atoms with Crippen molar-refractivity contribution in [3.05, 3.63) is 138 Å². The van der Waals surface area contributed by atoms with Crippen LogP contribution in [-0.2, 0) is 35.2 Å². The van der Waals surface area contributed by atoms with Crippen LogP contribution >= 0.6 is 30.9 Å². The lowest BCUT2D eigenvalue weighted by molar-refractivity contribution is -0.0436. The number of aliphatic hydroxyl groups excluding tert-OH is 1. The first-order chi connectivity index (χ1) is 36.1. The summed E-state index contributed by atoms with van der Waals surface area (Å²) in [6.07, 6.45) is 2.81. The molecule has 20 heteroatoms. The number of anilines is 3. The number of benzene rings is 5. The Bertz CT molecular complexity index is 3300. The van der Waals surface area contributed by atoms with Crippen LogP contribution in [0.5, 0.6) is 0 Å². The molecule has 1 aromatic heterocycles. The number of hydrogen-bond donors (Lipinski definition) is 1. The number of thioether (sulfide) groups is 1. The van der Waals surface area contributed by atoms with Gasteiger partial charge in [-0.05, 0) is 148 Å². The largest absolute Gasteiger partial charge is 0.501 e. The molecule has 3 saturated heterocycles. The fraction of sp³-hybridized carbons (Fsp3) is 0.393. The number of hydrogen-bond acceptors (Lipinski definition) is 11. The van der Waals surface area contributed by atoms with Crippen molar-refractivity contribution in [3.63, 3.8) is 0 Å². The quantitative estimate of drug-likeness (QED) is 0.0689. The number of nitrogens with zero attached hydrogens (tertiary/aromatic N) is 5. The number of sulfone groups is 2. The summed E-state index contributed by atoms with van der Waals surface area (Å²) in [5.41, 5.74) is 0.523. The van der Waals surface area contributed by atoms with Crippen LogP contribution in [0.15, 0.2) is 136 Å². The molecule has 406 valence electrons. The molecule has 1 N–H and O–H groups in total. The summed E-state index contributed by atoms with van der Waals surface area (Å²) < 4.78 is 122. The molecular weight excluding hydrogens is 1070 g/mol. The first-order valence-corrected chi connectivity index (χ1v) is 31.9. The Labute approximate surface area is 454 Å². The molecule has 6 aromatic rings. The van der Waals surface area contributed by atoms with Gasteiger partial charge in [-0.2, -0.15) is 13.2 Å². The standard InChI is InChI=1S/C56H64ClF3N5O7PS3/c1-39(2)65-40(3)55(75(4,68)69)53(54(65)42-13-16-45(57)17-14-42)44-9-8-10-48(36-44)63-31-29-62(30-32-63)46-18-20-47(21-19-46)64-33-34-72-73(64,67)50-22-15-43(52(37-50)76(70,71)56(58,59)60)35-41(38-74-51-11-6-5-7-12-51)23-26-61-27-24-49(66)25-28-61/h5-22,36-37,39,41,49,66H,23-35,38H2,1-4H3/t41-,73+/m0/s1. The van der Waals surface area contributed by atoms with Crippen LogP contribution in [0.2, 0.25) is 5.02 Å². The second kappa shape index (κ2) is 22.9. The van der Waals surface area contributed by atoms with Crippen molar-refractivity contribution in [2.75, 3.05) is 85.4 Å². The second-order valence-corrected chi connectivity index (χ2v) is 27.9. The van der Waals surface area contributed by atoms with E-state index in [9.17, 15) is 35.1 Å². The van der Waals surface area contributed by atoms with Crippen LogP contribution in [0, 0.1) is 12.8 Å². The van der Waals surface area contributed by atoms with E-state index in [0.717, 1.165) is 39.2 Å². The molecule has 2 atom stereocenters. The number of halogens is 4. The van der Waals surface area contributed by atoms with E-state index in [2.05, 4.69) is 25.3 Å². The highest BCUT2D eigenvalue weighted by Gasteiger charge is 2.49. The van der Waals surface area contributed by atoms with Gasteiger partial charge in [0.15, 0.2) is 9.84 Å². The third-order valence-electron chi connectivity index (χ3n) is 14.7. The third-order valence-corrected chi connectivity index (χ3v) is 21.5. The molecule has 4 heterocycles. The highest BCUT2D eigenvalue weighted by atomic mass is 35.5. The van der Waals surface area contributed by atoms with Crippen LogP contribution in [0.4, 0.5) is 30.2 Å². The van der Waals surface area contributed by atoms with Crippen LogP contribution in [-0.4, -0.2) is 114 Å². The van der Waals surface area contributed by atoms with Gasteiger partial charge in [0.05, 0.1) is 40.0 Å². The minimum atomic E-state index is -5.88. The van der Waals surface area contributed by atoms with Crippen LogP contribution < -0.4 is 19.8 Å². The van der Waals surface area contributed by atoms with Gasteiger partial charge in [-0.1, -0.05) is 60.1 Å². The Morgan fingerprint density at radius 1 is 0.776 bits per heavy atom. The van der Waals surface area contributed by atoms with Crippen LogP contribution in [0.25, 0.3) is 22.4 Å². The summed E-state index contributed by atoms with van der Waals surface area (Å²) in [4.78, 5) is 7.09. The van der Waals surface area contributed by atoms with Gasteiger partial charge < -0.3 is 28.9 Å². The van der Waals surface area contributed by atoms with Gasteiger partial charge in [-0.3, -0.25) is 9.24 Å². The predicted octanol–water partition coefficient (Wildman–Crippen LogP) is 11.5. The SMILES string of the molecule is Cc1c(S(C)(=O)=O)c(-c2cccc(N3CCN(c4ccc(N5CCO[P@]5(=O)c5ccc(C[C@H](CCN6CCC(O)CC6)CSc6ccccc6)c(S(=O)(=O)C(F)(F)F)c5)cc4)CC3)c2)c(-c2ccc(Cl)cc2)n1C(C)C. The molecule has 3 aliphatic rings. The fourth-order valence-corrected chi connectivity index (χ4v) is 16.6. The molecule has 0 radical (unpaired) electrons. The number of aliphatic hydroxyl groups is 1. The zero-order chi connectivity index (χ0) is 54.2. The summed E-state index contributed by atoms with van der Waals surface area (Å²) in [6.45, 7) is 10.8. The first-order valence-electron chi connectivity index (χ1n) is 25.6. The summed E-state index contributed by atoms with van der Waals surface area (Å²) in [5.74, 6) is 0.317. The van der Waals surface area contributed by atoms with E-state index in [1.54, 1.807) is 23.9 Å². The molecule has 0 aliphatic carbocycles. The minimum absolute atomic E-state index is 0.00380. The van der Waals surface area contributed by atoms with E-state index >= 15 is 4.57 Å². The molecule has 9 rings (SSSR count). The number of piperazine rings is 1. The highest BCUT2D eigenvalue weighted by Crippen LogP contribution is 2.56. The smallest absolute Gasteiger partial charge is 0.393 e. The van der Waals surface area contributed by atoms with E-state index in [4.69, 9.17) is 16.1 Å². The summed E-state index contributed by atoms with van der Waals surface area (Å²) in [5, 5.41) is 10.5. The normalized spacial score (nSPS) is 18.7. The van der Waals surface area contributed by atoms with E-state index < -0.39 is 37.6 Å². The number of piperidine rings is 1. The molecule has 0 unspecified atom stereocenters. The molecule has 3 fully saturated rings. The molecule has 0 amide bonds. The van der Waals surface area contributed by atoms with Gasteiger partial charge in [0.25, 0.3) is 9.84 Å². The lowest BCUT2D eigenvalue weighted by Gasteiger charge is -2.37. The van der Waals surface area contributed by atoms with Gasteiger partial charge in [0, 0.05) is 95.6 Å². The Morgan fingerprint density at radius 2 is 1.42 bits per heavy atom. The Kier molecular flexibility index (Phi) is 16.9. The van der Waals surface area contributed by atoms with Gasteiger partial charge in [-0.25, -0.2) is 16.8 Å². The van der Waals surface area contributed by atoms with Gasteiger partial charge >= 0.3 is 13.0 Å². The van der Waals surface area contributed by atoms with Crippen molar-refractivity contribution >= 4 is 72.9 Å². The molecule has 5 aromatic carbocycles. The molecule has 0 spiro atoms. The topological polar surface area (TPSA) is 133 Å². The zero-order valence-corrected chi connectivity index (χ0v) is 47.1. The Hall–Kier alpha value is -4.78. The second-order valence-electron chi connectivity index (χ2n) is 20.2. The summed E-state index contributed by atoms with van der Waals surface area (Å²) in [6, 6.07) is 36.2. The zero-order valence-electron chi connectivity index (χ0n) is 43.0. The highest BCUT2D eigenvalue weighted by molar-refractivity contribution is 7.99. The first kappa shape index (κ1) is 56.0. The minimum Gasteiger partial charge on any atom is -0.393 e. The summed E-state index contributed by atoms with van der Waals surface area (Å²) >= 11 is 7.86. The van der Waals surface area contributed by atoms with Crippen molar-refractivity contribution in [2.45, 2.75) is 78.8 Å². The average Bonchev–Trinajstić information content (AvgIpc) is 3.96. The third kappa shape index (κ3) is 11.9. The Morgan fingerprint density at radius 3 is 2.05 bits per heavy atom. The van der Waals surface area contributed by atoms with Gasteiger partial charge in [0.2, 0.25) is 0 Å². The maximum atomic E-state index is 15.0. The van der Waals surface area contributed by atoms with Gasteiger partial charge in [0.1, 0.15) is 0 Å².